The maximum atomic E-state index is 13.7. The molecule has 0 saturated carbocycles. The zero-order valence-corrected chi connectivity index (χ0v) is 15.0. The van der Waals surface area contributed by atoms with Gasteiger partial charge < -0.3 is 14.4 Å². The van der Waals surface area contributed by atoms with E-state index in [4.69, 9.17) is 9.47 Å². The van der Waals surface area contributed by atoms with Gasteiger partial charge in [0.1, 0.15) is 0 Å². The number of ether oxygens (including phenoxy) is 2. The minimum Gasteiger partial charge on any atom is -0.490 e. The van der Waals surface area contributed by atoms with E-state index in [1.54, 1.807) is 17.0 Å². The smallest absolute Gasteiger partial charge is 0.409 e. The third kappa shape index (κ3) is 5.68. The first-order valence-electron chi connectivity index (χ1n) is 8.09. The van der Waals surface area contributed by atoms with E-state index in [0.717, 1.165) is 25.7 Å². The molecule has 1 saturated heterocycles. The molecule has 1 aliphatic heterocycles. The van der Waals surface area contributed by atoms with Gasteiger partial charge in [0, 0.05) is 17.6 Å². The van der Waals surface area contributed by atoms with Gasteiger partial charge >= 0.3 is 6.09 Å². The maximum Gasteiger partial charge on any atom is 0.409 e. The second kappa shape index (κ2) is 9.11. The van der Waals surface area contributed by atoms with E-state index in [9.17, 15) is 9.18 Å². The largest absolute Gasteiger partial charge is 0.490 e. The standard InChI is InChI=1S/C17H23BrFNO3/c1-2-3-10-22-17(21)20-8-6-13(7-9-20)12-23-16-5-4-14(18)11-15(16)19/h4-5,11,13H,2-3,6-10,12H2,1H3. The van der Waals surface area contributed by atoms with Crippen molar-refractivity contribution in [1.29, 1.82) is 0 Å². The molecular weight excluding hydrogens is 365 g/mol. The topological polar surface area (TPSA) is 38.8 Å². The highest BCUT2D eigenvalue weighted by Gasteiger charge is 2.24. The van der Waals surface area contributed by atoms with Crippen LogP contribution in [0.1, 0.15) is 32.6 Å². The van der Waals surface area contributed by atoms with E-state index in [1.807, 2.05) is 0 Å². The van der Waals surface area contributed by atoms with Crippen molar-refractivity contribution in [1.82, 2.24) is 4.90 Å². The van der Waals surface area contributed by atoms with Crippen LogP contribution in [0.4, 0.5) is 9.18 Å². The minimum absolute atomic E-state index is 0.225. The molecule has 0 radical (unpaired) electrons. The Morgan fingerprint density at radius 2 is 2.13 bits per heavy atom. The molecule has 1 aliphatic rings. The third-order valence-electron chi connectivity index (χ3n) is 3.96. The second-order valence-corrected chi connectivity index (χ2v) is 6.70. The minimum atomic E-state index is -0.365. The Morgan fingerprint density at radius 1 is 1.39 bits per heavy atom. The number of carbonyl (C=O) groups excluding carboxylic acids is 1. The van der Waals surface area contributed by atoms with Crippen LogP contribution in [0.2, 0.25) is 0 Å². The predicted molar refractivity (Wildman–Crippen MR) is 90.1 cm³/mol. The van der Waals surface area contributed by atoms with Crippen LogP contribution in [0, 0.1) is 11.7 Å². The molecule has 0 aliphatic carbocycles. The van der Waals surface area contributed by atoms with Crippen molar-refractivity contribution < 1.29 is 18.7 Å². The summed E-state index contributed by atoms with van der Waals surface area (Å²) in [4.78, 5) is 13.6. The molecule has 0 unspecified atom stereocenters. The molecule has 0 bridgehead atoms. The Hall–Kier alpha value is -1.30. The molecule has 1 aromatic rings. The van der Waals surface area contributed by atoms with Crippen molar-refractivity contribution in [3.63, 3.8) is 0 Å². The van der Waals surface area contributed by atoms with Crippen LogP contribution in [0.25, 0.3) is 0 Å². The number of halogens is 2. The highest BCUT2D eigenvalue weighted by Crippen LogP contribution is 2.24. The quantitative estimate of drug-likeness (QED) is 0.668. The lowest BCUT2D eigenvalue weighted by molar-refractivity contribution is 0.0797. The molecular formula is C17H23BrFNO3. The SMILES string of the molecule is CCCCOC(=O)N1CCC(COc2ccc(Br)cc2F)CC1. The number of amides is 1. The van der Waals surface area contributed by atoms with Gasteiger partial charge in [0.2, 0.25) is 0 Å². The summed E-state index contributed by atoms with van der Waals surface area (Å²) >= 11 is 3.22. The van der Waals surface area contributed by atoms with E-state index in [2.05, 4.69) is 22.9 Å². The first kappa shape index (κ1) is 18.0. The fraction of sp³-hybridized carbons (Fsp3) is 0.588. The van der Waals surface area contributed by atoms with Crippen molar-refractivity contribution in [3.8, 4) is 5.75 Å². The Balaban J connectivity index is 1.71. The Kier molecular flexibility index (Phi) is 7.15. The molecule has 0 spiro atoms. The average molecular weight is 388 g/mol. The van der Waals surface area contributed by atoms with Crippen LogP contribution in [-0.2, 0) is 4.74 Å². The van der Waals surface area contributed by atoms with Crippen molar-refractivity contribution in [3.05, 3.63) is 28.5 Å². The van der Waals surface area contributed by atoms with Crippen LogP contribution >= 0.6 is 15.9 Å². The zero-order chi connectivity index (χ0) is 16.7. The normalized spacial score (nSPS) is 15.5. The van der Waals surface area contributed by atoms with E-state index in [1.165, 1.54) is 6.07 Å². The molecule has 0 aromatic heterocycles. The molecule has 0 atom stereocenters. The zero-order valence-electron chi connectivity index (χ0n) is 13.4. The molecule has 1 amide bonds. The Bertz CT molecular complexity index is 519. The highest BCUT2D eigenvalue weighted by molar-refractivity contribution is 9.10. The van der Waals surface area contributed by atoms with Crippen LogP contribution in [0.3, 0.4) is 0 Å². The fourth-order valence-electron chi connectivity index (χ4n) is 2.48. The molecule has 1 fully saturated rings. The summed E-state index contributed by atoms with van der Waals surface area (Å²) in [6, 6.07) is 4.78. The fourth-order valence-corrected chi connectivity index (χ4v) is 2.81. The van der Waals surface area contributed by atoms with E-state index in [0.29, 0.717) is 36.7 Å². The van der Waals surface area contributed by atoms with Gasteiger partial charge in [0.25, 0.3) is 0 Å². The molecule has 1 aromatic carbocycles. The van der Waals surface area contributed by atoms with Gasteiger partial charge in [-0.1, -0.05) is 29.3 Å². The van der Waals surface area contributed by atoms with Crippen LogP contribution in [0.15, 0.2) is 22.7 Å². The summed E-state index contributed by atoms with van der Waals surface area (Å²) in [5.74, 6) is 0.239. The van der Waals surface area contributed by atoms with E-state index < -0.39 is 0 Å². The number of rotatable bonds is 6. The molecule has 4 nitrogen and oxygen atoms in total. The van der Waals surface area contributed by atoms with Crippen LogP contribution in [-0.4, -0.2) is 37.3 Å². The van der Waals surface area contributed by atoms with Gasteiger partial charge in [0.05, 0.1) is 13.2 Å². The first-order chi connectivity index (χ1) is 11.1. The average Bonchev–Trinajstić information content (AvgIpc) is 2.55. The van der Waals surface area contributed by atoms with Gasteiger partial charge in [0.15, 0.2) is 11.6 Å². The molecule has 6 heteroatoms. The molecule has 23 heavy (non-hydrogen) atoms. The van der Waals surface area contributed by atoms with E-state index >= 15 is 0 Å². The van der Waals surface area contributed by atoms with Crippen molar-refractivity contribution in [2.24, 2.45) is 5.92 Å². The molecule has 128 valence electrons. The maximum absolute atomic E-state index is 13.7. The van der Waals surface area contributed by atoms with E-state index in [-0.39, 0.29) is 17.7 Å². The van der Waals surface area contributed by atoms with Crippen molar-refractivity contribution in [2.75, 3.05) is 26.3 Å². The number of piperidine rings is 1. The van der Waals surface area contributed by atoms with Gasteiger partial charge in [-0.15, -0.1) is 0 Å². The Morgan fingerprint density at radius 3 is 2.78 bits per heavy atom. The number of nitrogens with zero attached hydrogens (tertiary/aromatic N) is 1. The van der Waals surface area contributed by atoms with Gasteiger partial charge in [-0.3, -0.25) is 0 Å². The first-order valence-corrected chi connectivity index (χ1v) is 8.89. The lowest BCUT2D eigenvalue weighted by atomic mass is 9.98. The monoisotopic (exact) mass is 387 g/mol. The summed E-state index contributed by atoms with van der Waals surface area (Å²) in [6.45, 7) is 4.36. The summed E-state index contributed by atoms with van der Waals surface area (Å²) < 4.78 is 25.2. The summed E-state index contributed by atoms with van der Waals surface area (Å²) in [6.07, 6.45) is 3.38. The Labute approximate surface area is 145 Å². The number of hydrogen-bond acceptors (Lipinski definition) is 3. The van der Waals surface area contributed by atoms with Crippen LogP contribution in [0.5, 0.6) is 5.75 Å². The number of unbranched alkanes of at least 4 members (excludes halogenated alkanes) is 1. The number of hydrogen-bond donors (Lipinski definition) is 0. The van der Waals surface area contributed by atoms with Gasteiger partial charge in [-0.25, -0.2) is 9.18 Å². The van der Waals surface area contributed by atoms with Crippen molar-refractivity contribution in [2.45, 2.75) is 32.6 Å². The lowest BCUT2D eigenvalue weighted by Crippen LogP contribution is -2.40. The number of carbonyl (C=O) groups is 1. The molecule has 1 heterocycles. The predicted octanol–water partition coefficient (Wildman–Crippen LogP) is 4.62. The van der Waals surface area contributed by atoms with Crippen molar-refractivity contribution >= 4 is 22.0 Å². The third-order valence-corrected chi connectivity index (χ3v) is 4.46. The lowest BCUT2D eigenvalue weighted by Gasteiger charge is -2.31. The highest BCUT2D eigenvalue weighted by atomic mass is 79.9. The summed E-state index contributed by atoms with van der Waals surface area (Å²) in [7, 11) is 0. The number of likely N-dealkylation sites (tertiary alicyclic amines) is 1. The summed E-state index contributed by atoms with van der Waals surface area (Å²) in [5.41, 5.74) is 0. The second-order valence-electron chi connectivity index (χ2n) is 5.78. The summed E-state index contributed by atoms with van der Waals surface area (Å²) in [5, 5.41) is 0. The molecule has 0 N–H and O–H groups in total. The number of benzene rings is 1. The van der Waals surface area contributed by atoms with Gasteiger partial charge in [-0.05, 0) is 43.4 Å². The van der Waals surface area contributed by atoms with Gasteiger partial charge in [-0.2, -0.15) is 0 Å². The van der Waals surface area contributed by atoms with Crippen LogP contribution < -0.4 is 4.74 Å². The molecule has 2 rings (SSSR count).